The molecule has 0 spiro atoms. The van der Waals surface area contributed by atoms with Crippen molar-refractivity contribution in [2.75, 3.05) is 4.90 Å². The van der Waals surface area contributed by atoms with E-state index in [0.29, 0.717) is 12.0 Å². The third-order valence-electron chi connectivity index (χ3n) is 11.6. The van der Waals surface area contributed by atoms with E-state index in [1.165, 1.54) is 82.7 Å². The molecule has 0 radical (unpaired) electrons. The standard InChI is InChI=1S/C52H41N/c1-4-17-37(18-5-1)43-24-12-13-25-44(43)52-46-27-15-14-26-45(46)51(41-29-28-36-16-10-11-23-40(36)34-41)48-35-42(30-31-47(48)52)53-49(38-19-6-2-7-20-38)32-33-50(53)39-21-8-3-9-22-39/h1-4,6-17,19-21,23-32,34-35,39,50H,5,18,22,33H2. The normalized spacial score (nSPS) is 18.2. The summed E-state index contributed by atoms with van der Waals surface area (Å²) in [5, 5.41) is 7.67. The molecule has 1 aliphatic heterocycles. The first-order valence-electron chi connectivity index (χ1n) is 19.1. The van der Waals surface area contributed by atoms with Crippen molar-refractivity contribution in [3.63, 3.8) is 0 Å². The number of allylic oxidation sites excluding steroid dienone is 7. The second kappa shape index (κ2) is 13.4. The lowest BCUT2D eigenvalue weighted by atomic mass is 9.82. The number of benzene rings is 7. The Kier molecular flexibility index (Phi) is 7.99. The van der Waals surface area contributed by atoms with Gasteiger partial charge in [0.25, 0.3) is 0 Å². The lowest BCUT2D eigenvalue weighted by molar-refractivity contribution is 0.514. The van der Waals surface area contributed by atoms with Crippen molar-refractivity contribution in [1.82, 2.24) is 0 Å². The lowest BCUT2D eigenvalue weighted by Crippen LogP contribution is -2.35. The number of rotatable bonds is 6. The molecule has 7 aromatic rings. The van der Waals surface area contributed by atoms with E-state index in [1.54, 1.807) is 0 Å². The predicted molar refractivity (Wildman–Crippen MR) is 228 cm³/mol. The van der Waals surface area contributed by atoms with E-state index in [2.05, 4.69) is 193 Å². The van der Waals surface area contributed by atoms with Crippen molar-refractivity contribution in [3.8, 4) is 22.3 Å². The highest BCUT2D eigenvalue weighted by molar-refractivity contribution is 6.23. The Morgan fingerprint density at radius 1 is 0.509 bits per heavy atom. The van der Waals surface area contributed by atoms with Gasteiger partial charge < -0.3 is 4.90 Å². The van der Waals surface area contributed by atoms with E-state index in [4.69, 9.17) is 0 Å². The Labute approximate surface area is 312 Å². The molecule has 0 aromatic heterocycles. The molecule has 0 fully saturated rings. The molecule has 7 aromatic carbocycles. The third-order valence-corrected chi connectivity index (χ3v) is 11.6. The van der Waals surface area contributed by atoms with Crippen LogP contribution in [0.5, 0.6) is 0 Å². The molecule has 2 aliphatic carbocycles. The molecular weight excluding hydrogens is 639 g/mol. The summed E-state index contributed by atoms with van der Waals surface area (Å²) in [6.07, 6.45) is 22.7. The highest BCUT2D eigenvalue weighted by atomic mass is 15.2. The average molecular weight is 680 g/mol. The van der Waals surface area contributed by atoms with Gasteiger partial charge in [0, 0.05) is 23.3 Å². The van der Waals surface area contributed by atoms with Gasteiger partial charge in [-0.15, -0.1) is 0 Å². The highest BCUT2D eigenvalue weighted by Gasteiger charge is 2.33. The Bertz CT molecular complexity index is 2680. The second-order valence-corrected chi connectivity index (χ2v) is 14.6. The Balaban J connectivity index is 1.27. The van der Waals surface area contributed by atoms with Crippen LogP contribution in [-0.2, 0) is 0 Å². The summed E-state index contributed by atoms with van der Waals surface area (Å²) in [4.78, 5) is 2.65. The third kappa shape index (κ3) is 5.56. The summed E-state index contributed by atoms with van der Waals surface area (Å²) < 4.78 is 0. The first-order valence-corrected chi connectivity index (χ1v) is 19.1. The topological polar surface area (TPSA) is 3.24 Å². The number of nitrogens with zero attached hydrogens (tertiary/aromatic N) is 1. The zero-order chi connectivity index (χ0) is 35.1. The van der Waals surface area contributed by atoms with Crippen LogP contribution in [0.2, 0.25) is 0 Å². The maximum absolute atomic E-state index is 2.65. The molecule has 53 heavy (non-hydrogen) atoms. The molecule has 254 valence electrons. The number of hydrogen-bond acceptors (Lipinski definition) is 1. The first-order chi connectivity index (χ1) is 26.3. The summed E-state index contributed by atoms with van der Waals surface area (Å²) >= 11 is 0. The van der Waals surface area contributed by atoms with Gasteiger partial charge in [0.2, 0.25) is 0 Å². The van der Waals surface area contributed by atoms with Crippen LogP contribution in [0.4, 0.5) is 5.69 Å². The summed E-state index contributed by atoms with van der Waals surface area (Å²) in [5.74, 6) is 0.435. The molecule has 0 bridgehead atoms. The second-order valence-electron chi connectivity index (χ2n) is 14.6. The van der Waals surface area contributed by atoms with Crippen molar-refractivity contribution in [1.29, 1.82) is 0 Å². The van der Waals surface area contributed by atoms with Crippen LogP contribution < -0.4 is 4.90 Å². The molecule has 1 heterocycles. The van der Waals surface area contributed by atoms with Crippen molar-refractivity contribution < 1.29 is 0 Å². The van der Waals surface area contributed by atoms with Gasteiger partial charge in [-0.05, 0) is 115 Å². The average Bonchev–Trinajstić information content (AvgIpc) is 3.69. The van der Waals surface area contributed by atoms with Gasteiger partial charge in [0.15, 0.2) is 0 Å². The molecule has 2 atom stereocenters. The van der Waals surface area contributed by atoms with Crippen molar-refractivity contribution in [3.05, 3.63) is 199 Å². The summed E-state index contributed by atoms with van der Waals surface area (Å²) in [6.45, 7) is 0. The zero-order valence-corrected chi connectivity index (χ0v) is 29.8. The minimum atomic E-state index is 0.333. The minimum Gasteiger partial charge on any atom is -0.337 e. The molecule has 0 amide bonds. The van der Waals surface area contributed by atoms with Crippen LogP contribution >= 0.6 is 0 Å². The Morgan fingerprint density at radius 2 is 1.26 bits per heavy atom. The van der Waals surface area contributed by atoms with E-state index >= 15 is 0 Å². The molecule has 10 rings (SSSR count). The van der Waals surface area contributed by atoms with E-state index in [0.717, 1.165) is 25.7 Å². The number of fused-ring (bicyclic) bond motifs is 3. The highest BCUT2D eigenvalue weighted by Crippen LogP contribution is 2.49. The van der Waals surface area contributed by atoms with Gasteiger partial charge in [-0.2, -0.15) is 0 Å². The fourth-order valence-corrected chi connectivity index (χ4v) is 9.13. The predicted octanol–water partition coefficient (Wildman–Crippen LogP) is 14.0. The van der Waals surface area contributed by atoms with Gasteiger partial charge in [-0.3, -0.25) is 0 Å². The molecular formula is C52H41N. The lowest BCUT2D eigenvalue weighted by Gasteiger charge is -2.35. The van der Waals surface area contributed by atoms with Crippen LogP contribution in [0.1, 0.15) is 36.8 Å². The van der Waals surface area contributed by atoms with Gasteiger partial charge in [-0.25, -0.2) is 0 Å². The van der Waals surface area contributed by atoms with E-state index in [9.17, 15) is 0 Å². The molecule has 0 N–H and O–H groups in total. The molecule has 0 saturated carbocycles. The number of hydrogen-bond donors (Lipinski definition) is 0. The van der Waals surface area contributed by atoms with Gasteiger partial charge in [0.05, 0.1) is 0 Å². The summed E-state index contributed by atoms with van der Waals surface area (Å²) in [7, 11) is 0. The smallest absolute Gasteiger partial charge is 0.0447 e. The fourth-order valence-electron chi connectivity index (χ4n) is 9.13. The molecule has 2 unspecified atom stereocenters. The minimum absolute atomic E-state index is 0.333. The van der Waals surface area contributed by atoms with Crippen molar-refractivity contribution in [2.45, 2.75) is 31.7 Å². The maximum atomic E-state index is 2.65. The molecule has 0 saturated heterocycles. The van der Waals surface area contributed by atoms with Gasteiger partial charge in [0.1, 0.15) is 0 Å². The van der Waals surface area contributed by atoms with Crippen LogP contribution in [0.25, 0.3) is 65.8 Å². The fraction of sp³-hybridized carbons (Fsp3) is 0.115. The van der Waals surface area contributed by atoms with Gasteiger partial charge >= 0.3 is 0 Å². The summed E-state index contributed by atoms with van der Waals surface area (Å²) in [5.41, 5.74) is 11.7. The molecule has 3 aliphatic rings. The van der Waals surface area contributed by atoms with Crippen molar-refractivity contribution >= 4 is 49.3 Å². The van der Waals surface area contributed by atoms with Crippen LogP contribution in [-0.4, -0.2) is 6.04 Å². The quantitative estimate of drug-likeness (QED) is 0.158. The van der Waals surface area contributed by atoms with Crippen molar-refractivity contribution in [2.24, 2.45) is 5.92 Å². The largest absolute Gasteiger partial charge is 0.337 e. The monoisotopic (exact) mass is 679 g/mol. The van der Waals surface area contributed by atoms with Gasteiger partial charge in [-0.1, -0.05) is 170 Å². The van der Waals surface area contributed by atoms with Crippen LogP contribution in [0.15, 0.2) is 188 Å². The first kappa shape index (κ1) is 31.5. The van der Waals surface area contributed by atoms with E-state index in [1.807, 2.05) is 0 Å². The maximum Gasteiger partial charge on any atom is 0.0447 e. The Morgan fingerprint density at radius 3 is 2.08 bits per heavy atom. The van der Waals surface area contributed by atoms with Crippen LogP contribution in [0.3, 0.4) is 0 Å². The Hall–Kier alpha value is -6.18. The number of anilines is 1. The molecule has 1 heteroatoms. The van der Waals surface area contributed by atoms with E-state index < -0.39 is 0 Å². The SMILES string of the molecule is C1=CCCC(c2ccccc2-c2c3ccccc3c(-c3ccc4ccccc4c3)c3cc(N4C(c5ccccc5)=CCC4C4C=CC=CC4)ccc23)=C1. The van der Waals surface area contributed by atoms with Crippen LogP contribution in [0, 0.1) is 5.92 Å². The zero-order valence-electron chi connectivity index (χ0n) is 29.8. The van der Waals surface area contributed by atoms with E-state index in [-0.39, 0.29) is 0 Å². The molecule has 1 nitrogen and oxygen atoms in total. The summed E-state index contributed by atoms with van der Waals surface area (Å²) in [6, 6.07) is 52.5.